The molecule has 0 atom stereocenters. The van der Waals surface area contributed by atoms with Gasteiger partial charge in [-0.05, 0) is 35.9 Å². The van der Waals surface area contributed by atoms with E-state index in [-0.39, 0.29) is 22.9 Å². The predicted octanol–water partition coefficient (Wildman–Crippen LogP) is 3.90. The van der Waals surface area contributed by atoms with E-state index in [1.165, 1.54) is 30.5 Å². The maximum Gasteiger partial charge on any atom is 0.240 e. The van der Waals surface area contributed by atoms with Crippen LogP contribution in [0.5, 0.6) is 0 Å². The highest BCUT2D eigenvalue weighted by atomic mass is 35.5. The van der Waals surface area contributed by atoms with Crippen LogP contribution >= 0.6 is 11.6 Å². The Kier molecular flexibility index (Phi) is 6.31. The molecule has 0 bridgehead atoms. The number of sulfonamides is 1. The summed E-state index contributed by atoms with van der Waals surface area (Å²) in [4.78, 5) is 8.85. The maximum atomic E-state index is 13.4. The Morgan fingerprint density at radius 2 is 1.97 bits per heavy atom. The Labute approximate surface area is 189 Å². The first-order chi connectivity index (χ1) is 15.4. The van der Waals surface area contributed by atoms with Crippen molar-refractivity contribution in [1.29, 1.82) is 0 Å². The number of aliphatic imine (C=N–C) groups is 1. The number of pyridine rings is 1. The second-order valence-electron chi connectivity index (χ2n) is 7.13. The third-order valence-electron chi connectivity index (χ3n) is 4.98. The molecule has 2 N–H and O–H groups in total. The third kappa shape index (κ3) is 4.69. The highest BCUT2D eigenvalue weighted by Crippen LogP contribution is 2.29. The molecule has 1 aliphatic heterocycles. The molecule has 0 fully saturated rings. The average Bonchev–Trinajstić information content (AvgIpc) is 3.23. The van der Waals surface area contributed by atoms with Crippen LogP contribution in [0.3, 0.4) is 0 Å². The van der Waals surface area contributed by atoms with Crippen LogP contribution in [0.2, 0.25) is 5.02 Å². The lowest BCUT2D eigenvalue weighted by Crippen LogP contribution is -2.29. The number of hydrogen-bond acceptors (Lipinski definition) is 6. The van der Waals surface area contributed by atoms with Gasteiger partial charge in [-0.3, -0.25) is 0 Å². The largest absolute Gasteiger partial charge is 0.411 e. The van der Waals surface area contributed by atoms with Crippen LogP contribution in [-0.2, 0) is 22.9 Å². The van der Waals surface area contributed by atoms with E-state index in [0.717, 1.165) is 5.56 Å². The lowest BCUT2D eigenvalue weighted by atomic mass is 9.97. The highest BCUT2D eigenvalue weighted by Gasteiger charge is 2.24. The van der Waals surface area contributed by atoms with Crippen molar-refractivity contribution in [2.24, 2.45) is 10.1 Å². The van der Waals surface area contributed by atoms with E-state index in [9.17, 15) is 18.0 Å². The molecule has 7 nitrogen and oxygen atoms in total. The second-order valence-corrected chi connectivity index (χ2v) is 9.30. The fourth-order valence-corrected chi connectivity index (χ4v) is 4.65. The smallest absolute Gasteiger partial charge is 0.240 e. The van der Waals surface area contributed by atoms with Crippen LogP contribution in [0.15, 0.2) is 75.8 Å². The van der Waals surface area contributed by atoms with Gasteiger partial charge >= 0.3 is 0 Å². The fraction of sp³-hybridized carbons (Fsp3) is 0.136. The van der Waals surface area contributed by atoms with Crippen LogP contribution in [0.4, 0.5) is 10.2 Å². The van der Waals surface area contributed by atoms with E-state index >= 15 is 0 Å². The quantitative estimate of drug-likeness (QED) is 0.309. The minimum Gasteiger partial charge on any atom is -0.411 e. The molecule has 0 amide bonds. The molecule has 0 aliphatic carbocycles. The molecule has 10 heteroatoms. The van der Waals surface area contributed by atoms with Crippen molar-refractivity contribution in [3.8, 4) is 0 Å². The first-order valence-corrected chi connectivity index (χ1v) is 11.5. The lowest BCUT2D eigenvalue weighted by molar-refractivity contribution is 0.318. The monoisotopic (exact) mass is 472 g/mol. The van der Waals surface area contributed by atoms with Gasteiger partial charge in [0.05, 0.1) is 15.6 Å². The van der Waals surface area contributed by atoms with E-state index in [4.69, 9.17) is 11.6 Å². The molecule has 2 heterocycles. The molecule has 0 saturated heterocycles. The first-order valence-electron chi connectivity index (χ1n) is 9.61. The normalized spacial score (nSPS) is 13.7. The SMILES string of the molecule is O=S(=O)(NCC1=Nc2nccc(/C(Cc3ccc(F)c(Cl)c3)=N/O)c2C1)c1ccccc1. The van der Waals surface area contributed by atoms with Crippen LogP contribution in [0.25, 0.3) is 0 Å². The van der Waals surface area contributed by atoms with Crippen molar-refractivity contribution < 1.29 is 18.0 Å². The van der Waals surface area contributed by atoms with Gasteiger partial charge in [-0.1, -0.05) is 41.0 Å². The third-order valence-corrected chi connectivity index (χ3v) is 6.69. The molecular weight excluding hydrogens is 455 g/mol. The Morgan fingerprint density at radius 3 is 2.69 bits per heavy atom. The van der Waals surface area contributed by atoms with Crippen molar-refractivity contribution in [3.63, 3.8) is 0 Å². The maximum absolute atomic E-state index is 13.4. The molecule has 0 unspecified atom stereocenters. The minimum atomic E-state index is -3.67. The summed E-state index contributed by atoms with van der Waals surface area (Å²) in [5.41, 5.74) is 2.95. The van der Waals surface area contributed by atoms with Gasteiger partial charge in [-0.15, -0.1) is 0 Å². The zero-order valence-electron chi connectivity index (χ0n) is 16.7. The lowest BCUT2D eigenvalue weighted by Gasteiger charge is -2.10. The molecule has 0 radical (unpaired) electrons. The van der Waals surface area contributed by atoms with E-state index in [0.29, 0.717) is 34.8 Å². The van der Waals surface area contributed by atoms with Gasteiger partial charge < -0.3 is 5.21 Å². The summed E-state index contributed by atoms with van der Waals surface area (Å²) in [6.07, 6.45) is 2.10. The summed E-state index contributed by atoms with van der Waals surface area (Å²) in [7, 11) is -3.67. The van der Waals surface area contributed by atoms with Gasteiger partial charge in [0.25, 0.3) is 0 Å². The van der Waals surface area contributed by atoms with Crippen LogP contribution in [-0.4, -0.2) is 36.6 Å². The summed E-state index contributed by atoms with van der Waals surface area (Å²) in [6.45, 7) is 0.0200. The van der Waals surface area contributed by atoms with Gasteiger partial charge in [0.2, 0.25) is 10.0 Å². The number of nitrogens with one attached hydrogen (secondary N) is 1. The highest BCUT2D eigenvalue weighted by molar-refractivity contribution is 7.89. The molecule has 2 aromatic carbocycles. The van der Waals surface area contributed by atoms with Crippen molar-refractivity contribution in [2.45, 2.75) is 17.7 Å². The number of fused-ring (bicyclic) bond motifs is 1. The Balaban J connectivity index is 1.51. The fourth-order valence-electron chi connectivity index (χ4n) is 3.41. The van der Waals surface area contributed by atoms with E-state index in [1.807, 2.05) is 0 Å². The zero-order chi connectivity index (χ0) is 22.7. The predicted molar refractivity (Wildman–Crippen MR) is 120 cm³/mol. The number of benzene rings is 2. The summed E-state index contributed by atoms with van der Waals surface area (Å²) in [6, 6.07) is 14.1. The molecule has 1 aliphatic rings. The molecule has 0 spiro atoms. The molecule has 4 rings (SSSR count). The first kappa shape index (κ1) is 22.1. The van der Waals surface area contributed by atoms with Crippen molar-refractivity contribution in [2.75, 3.05) is 6.54 Å². The van der Waals surface area contributed by atoms with Crippen LogP contribution in [0, 0.1) is 5.82 Å². The minimum absolute atomic E-state index is 0.0175. The summed E-state index contributed by atoms with van der Waals surface area (Å²) in [5, 5.41) is 13.0. The zero-order valence-corrected chi connectivity index (χ0v) is 18.2. The number of rotatable bonds is 7. The molecular formula is C22H18ClFN4O3S. The number of aromatic nitrogens is 1. The second kappa shape index (κ2) is 9.15. The molecule has 0 saturated carbocycles. The standard InChI is InChI=1S/C22H18ClFN4O3S/c23-19-10-14(6-7-20(19)24)11-21(28-29)17-8-9-25-22-18(17)12-15(27-22)13-26-32(30,31)16-4-2-1-3-5-16/h1-10,26,29H,11-13H2/b28-21+. The molecule has 3 aromatic rings. The van der Waals surface area contributed by atoms with Gasteiger partial charge in [-0.2, -0.15) is 0 Å². The van der Waals surface area contributed by atoms with E-state index < -0.39 is 15.8 Å². The number of nitrogens with zero attached hydrogens (tertiary/aromatic N) is 3. The molecule has 32 heavy (non-hydrogen) atoms. The van der Waals surface area contributed by atoms with Crippen molar-refractivity contribution in [1.82, 2.24) is 9.71 Å². The number of hydrogen-bond donors (Lipinski definition) is 2. The van der Waals surface area contributed by atoms with Gasteiger partial charge in [0, 0.05) is 42.4 Å². The molecule has 164 valence electrons. The molecule has 1 aromatic heterocycles. The van der Waals surface area contributed by atoms with Crippen molar-refractivity contribution in [3.05, 3.63) is 88.3 Å². The Hall–Kier alpha value is -3.14. The topological polar surface area (TPSA) is 104 Å². The van der Waals surface area contributed by atoms with Crippen LogP contribution in [0.1, 0.15) is 16.7 Å². The van der Waals surface area contributed by atoms with Gasteiger partial charge in [0.15, 0.2) is 5.82 Å². The van der Waals surface area contributed by atoms with Crippen LogP contribution < -0.4 is 4.72 Å². The summed E-state index contributed by atoms with van der Waals surface area (Å²) in [5.74, 6) is -0.0894. The van der Waals surface area contributed by atoms with E-state index in [2.05, 4.69) is 19.9 Å². The van der Waals surface area contributed by atoms with Gasteiger partial charge in [-0.25, -0.2) is 27.5 Å². The summed E-state index contributed by atoms with van der Waals surface area (Å²) < 4.78 is 40.9. The number of oxime groups is 1. The Bertz CT molecular complexity index is 1330. The van der Waals surface area contributed by atoms with E-state index in [1.54, 1.807) is 30.3 Å². The van der Waals surface area contributed by atoms with Crippen molar-refractivity contribution >= 4 is 38.9 Å². The summed E-state index contributed by atoms with van der Waals surface area (Å²) >= 11 is 5.85. The number of halogens is 2. The Morgan fingerprint density at radius 1 is 1.19 bits per heavy atom. The average molecular weight is 473 g/mol. The van der Waals surface area contributed by atoms with Gasteiger partial charge in [0.1, 0.15) is 5.82 Å².